The van der Waals surface area contributed by atoms with Crippen LogP contribution < -0.4 is 4.74 Å². The molecule has 15 heavy (non-hydrogen) atoms. The number of hydrogen-bond acceptors (Lipinski definition) is 3. The van der Waals surface area contributed by atoms with Gasteiger partial charge >= 0.3 is 0 Å². The standard InChI is InChI=1S/C11H16ClNO2/c1-4-9-6-13-11(12)5-10(9)15-8(2)7-14-3/h5-6,8H,4,7H2,1-3H3. The normalized spacial score (nSPS) is 12.5. The van der Waals surface area contributed by atoms with E-state index in [0.717, 1.165) is 17.7 Å². The highest BCUT2D eigenvalue weighted by molar-refractivity contribution is 6.29. The van der Waals surface area contributed by atoms with Crippen LogP contribution in [0.5, 0.6) is 5.75 Å². The van der Waals surface area contributed by atoms with Crippen LogP contribution >= 0.6 is 11.6 Å². The molecule has 0 saturated carbocycles. The van der Waals surface area contributed by atoms with Crippen molar-refractivity contribution in [3.63, 3.8) is 0 Å². The van der Waals surface area contributed by atoms with Gasteiger partial charge in [-0.05, 0) is 13.3 Å². The van der Waals surface area contributed by atoms with E-state index in [1.807, 2.05) is 6.92 Å². The smallest absolute Gasteiger partial charge is 0.132 e. The maximum absolute atomic E-state index is 5.81. The van der Waals surface area contributed by atoms with Crippen LogP contribution in [0.15, 0.2) is 12.3 Å². The first-order valence-corrected chi connectivity index (χ1v) is 5.35. The number of nitrogens with zero attached hydrogens (tertiary/aromatic N) is 1. The van der Waals surface area contributed by atoms with Crippen molar-refractivity contribution in [2.24, 2.45) is 0 Å². The van der Waals surface area contributed by atoms with E-state index >= 15 is 0 Å². The Hall–Kier alpha value is -0.800. The van der Waals surface area contributed by atoms with Gasteiger partial charge in [-0.25, -0.2) is 4.98 Å². The Labute approximate surface area is 95.4 Å². The molecule has 0 radical (unpaired) electrons. The average Bonchev–Trinajstić information content (AvgIpc) is 2.18. The molecule has 0 saturated heterocycles. The first-order valence-electron chi connectivity index (χ1n) is 4.97. The van der Waals surface area contributed by atoms with Gasteiger partial charge in [-0.2, -0.15) is 0 Å². The Morgan fingerprint density at radius 3 is 2.87 bits per heavy atom. The Kier molecular flexibility index (Phi) is 4.85. The van der Waals surface area contributed by atoms with Crippen molar-refractivity contribution in [2.75, 3.05) is 13.7 Å². The second-order valence-corrected chi connectivity index (χ2v) is 3.74. The first-order chi connectivity index (χ1) is 7.17. The molecule has 0 aromatic carbocycles. The lowest BCUT2D eigenvalue weighted by Crippen LogP contribution is -2.18. The van der Waals surface area contributed by atoms with Crippen molar-refractivity contribution in [1.82, 2.24) is 4.98 Å². The fourth-order valence-electron chi connectivity index (χ4n) is 1.30. The van der Waals surface area contributed by atoms with E-state index in [2.05, 4.69) is 11.9 Å². The lowest BCUT2D eigenvalue weighted by atomic mass is 10.2. The minimum atomic E-state index is 0.0127. The molecule has 0 fully saturated rings. The van der Waals surface area contributed by atoms with Crippen molar-refractivity contribution in [2.45, 2.75) is 26.4 Å². The van der Waals surface area contributed by atoms with Gasteiger partial charge in [-0.1, -0.05) is 18.5 Å². The van der Waals surface area contributed by atoms with Gasteiger partial charge < -0.3 is 9.47 Å². The van der Waals surface area contributed by atoms with Crippen molar-refractivity contribution in [3.8, 4) is 5.75 Å². The summed E-state index contributed by atoms with van der Waals surface area (Å²) in [6, 6.07) is 1.74. The minimum Gasteiger partial charge on any atom is -0.488 e. The summed E-state index contributed by atoms with van der Waals surface area (Å²) in [6.45, 7) is 4.57. The highest BCUT2D eigenvalue weighted by atomic mass is 35.5. The van der Waals surface area contributed by atoms with Gasteiger partial charge in [-0.3, -0.25) is 0 Å². The van der Waals surface area contributed by atoms with Crippen LogP contribution in [0.4, 0.5) is 0 Å². The van der Waals surface area contributed by atoms with Crippen LogP contribution in [0, 0.1) is 0 Å². The monoisotopic (exact) mass is 229 g/mol. The molecule has 1 aromatic rings. The third-order valence-electron chi connectivity index (χ3n) is 2.02. The molecule has 0 aliphatic rings. The van der Waals surface area contributed by atoms with E-state index in [4.69, 9.17) is 21.1 Å². The minimum absolute atomic E-state index is 0.0127. The van der Waals surface area contributed by atoms with E-state index in [1.54, 1.807) is 19.4 Å². The van der Waals surface area contributed by atoms with Gasteiger partial charge in [0, 0.05) is 24.9 Å². The second-order valence-electron chi connectivity index (χ2n) is 3.35. The summed E-state index contributed by atoms with van der Waals surface area (Å²) < 4.78 is 10.7. The van der Waals surface area contributed by atoms with E-state index in [9.17, 15) is 0 Å². The summed E-state index contributed by atoms with van der Waals surface area (Å²) in [5.41, 5.74) is 1.06. The summed E-state index contributed by atoms with van der Waals surface area (Å²) in [5, 5.41) is 0.451. The predicted octanol–water partition coefficient (Wildman–Crippen LogP) is 2.71. The number of rotatable bonds is 5. The molecule has 0 aliphatic carbocycles. The highest BCUT2D eigenvalue weighted by Gasteiger charge is 2.08. The van der Waals surface area contributed by atoms with Crippen LogP contribution in [0.25, 0.3) is 0 Å². The maximum Gasteiger partial charge on any atom is 0.132 e. The molecule has 4 heteroatoms. The van der Waals surface area contributed by atoms with Gasteiger partial charge in [0.2, 0.25) is 0 Å². The molecule has 0 amide bonds. The molecule has 1 rings (SSSR count). The number of hydrogen-bond donors (Lipinski definition) is 0. The molecule has 1 unspecified atom stereocenters. The van der Waals surface area contributed by atoms with Crippen molar-refractivity contribution in [1.29, 1.82) is 0 Å². The number of aryl methyl sites for hydroxylation is 1. The van der Waals surface area contributed by atoms with Crippen LogP contribution in [0.1, 0.15) is 19.4 Å². The highest BCUT2D eigenvalue weighted by Crippen LogP contribution is 2.22. The van der Waals surface area contributed by atoms with Gasteiger partial charge in [0.15, 0.2) is 0 Å². The molecule has 0 N–H and O–H groups in total. The van der Waals surface area contributed by atoms with Gasteiger partial charge in [0.1, 0.15) is 17.0 Å². The molecule has 0 bridgehead atoms. The summed E-state index contributed by atoms with van der Waals surface area (Å²) in [5.74, 6) is 0.794. The number of halogens is 1. The molecule has 1 heterocycles. The summed E-state index contributed by atoms with van der Waals surface area (Å²) >= 11 is 5.81. The van der Waals surface area contributed by atoms with Gasteiger partial charge in [0.05, 0.1) is 6.61 Å². The largest absolute Gasteiger partial charge is 0.488 e. The predicted molar refractivity (Wildman–Crippen MR) is 60.6 cm³/mol. The van der Waals surface area contributed by atoms with E-state index < -0.39 is 0 Å². The molecule has 84 valence electrons. The van der Waals surface area contributed by atoms with Crippen molar-refractivity contribution >= 4 is 11.6 Å². The van der Waals surface area contributed by atoms with Crippen LogP contribution in [-0.2, 0) is 11.2 Å². The van der Waals surface area contributed by atoms with Gasteiger partial charge in [0.25, 0.3) is 0 Å². The number of aromatic nitrogens is 1. The zero-order valence-electron chi connectivity index (χ0n) is 9.29. The number of methoxy groups -OCH3 is 1. The summed E-state index contributed by atoms with van der Waals surface area (Å²) in [7, 11) is 1.65. The molecule has 1 aromatic heterocycles. The van der Waals surface area contributed by atoms with Crippen LogP contribution in [0.3, 0.4) is 0 Å². The average molecular weight is 230 g/mol. The third kappa shape index (κ3) is 3.68. The third-order valence-corrected chi connectivity index (χ3v) is 2.23. The van der Waals surface area contributed by atoms with Gasteiger partial charge in [-0.15, -0.1) is 0 Å². The molecule has 0 aliphatic heterocycles. The Bertz CT molecular complexity index is 317. The van der Waals surface area contributed by atoms with Crippen LogP contribution in [0.2, 0.25) is 5.15 Å². The Morgan fingerprint density at radius 2 is 2.27 bits per heavy atom. The maximum atomic E-state index is 5.81. The molecule has 0 spiro atoms. The Balaban J connectivity index is 2.77. The van der Waals surface area contributed by atoms with Crippen LogP contribution in [-0.4, -0.2) is 24.8 Å². The molecular formula is C11H16ClNO2. The molecule has 3 nitrogen and oxygen atoms in total. The summed E-state index contributed by atoms with van der Waals surface area (Å²) in [4.78, 5) is 4.02. The lowest BCUT2D eigenvalue weighted by molar-refractivity contribution is 0.0914. The summed E-state index contributed by atoms with van der Waals surface area (Å²) in [6.07, 6.45) is 2.63. The van der Waals surface area contributed by atoms with E-state index in [1.165, 1.54) is 0 Å². The quantitative estimate of drug-likeness (QED) is 0.728. The fourth-order valence-corrected chi connectivity index (χ4v) is 1.45. The number of pyridine rings is 1. The SMILES string of the molecule is CCc1cnc(Cl)cc1OC(C)COC. The second kappa shape index (κ2) is 5.93. The van der Waals surface area contributed by atoms with E-state index in [0.29, 0.717) is 11.8 Å². The Morgan fingerprint density at radius 1 is 1.53 bits per heavy atom. The zero-order chi connectivity index (χ0) is 11.3. The molecular weight excluding hydrogens is 214 g/mol. The first kappa shape index (κ1) is 12.3. The van der Waals surface area contributed by atoms with Crippen molar-refractivity contribution in [3.05, 3.63) is 23.0 Å². The number of ether oxygens (including phenoxy) is 2. The topological polar surface area (TPSA) is 31.4 Å². The van der Waals surface area contributed by atoms with E-state index in [-0.39, 0.29) is 6.10 Å². The zero-order valence-corrected chi connectivity index (χ0v) is 10.0. The fraction of sp³-hybridized carbons (Fsp3) is 0.545. The lowest BCUT2D eigenvalue weighted by Gasteiger charge is -2.16. The van der Waals surface area contributed by atoms with Crippen molar-refractivity contribution < 1.29 is 9.47 Å². The molecule has 1 atom stereocenters.